The second-order valence-electron chi connectivity index (χ2n) is 8.13. The lowest BCUT2D eigenvalue weighted by molar-refractivity contribution is -0.119. The van der Waals surface area contributed by atoms with Gasteiger partial charge in [-0.05, 0) is 80.1 Å². The van der Waals surface area contributed by atoms with E-state index in [2.05, 4.69) is 52.4 Å². The molecule has 0 bridgehead atoms. The van der Waals surface area contributed by atoms with Gasteiger partial charge in [-0.1, -0.05) is 45.8 Å². The van der Waals surface area contributed by atoms with Crippen molar-refractivity contribution in [3.63, 3.8) is 0 Å². The van der Waals surface area contributed by atoms with Gasteiger partial charge in [0.15, 0.2) is 0 Å². The monoisotopic (exact) mass is 590 g/mol. The van der Waals surface area contributed by atoms with Crippen molar-refractivity contribution in [2.24, 2.45) is 0 Å². The lowest BCUT2D eigenvalue weighted by Gasteiger charge is -2.24. The van der Waals surface area contributed by atoms with E-state index in [-0.39, 0.29) is 17.3 Å². The Balaban J connectivity index is 1.60. The summed E-state index contributed by atoms with van der Waals surface area (Å²) in [5.74, 6) is 2.10. The molecule has 1 N–H and O–H groups in total. The number of sulfonamides is 1. The molecule has 0 spiro atoms. The highest BCUT2D eigenvalue weighted by molar-refractivity contribution is 9.10. The molecule has 0 saturated heterocycles. The number of rotatable bonds is 13. The summed E-state index contributed by atoms with van der Waals surface area (Å²) < 4.78 is 34.3. The topological polar surface area (TPSA) is 75.7 Å². The first kappa shape index (κ1) is 28.1. The van der Waals surface area contributed by atoms with Crippen LogP contribution in [0.5, 0.6) is 5.75 Å². The Hall–Kier alpha value is -2.49. The zero-order chi connectivity index (χ0) is 26.0. The van der Waals surface area contributed by atoms with Gasteiger partial charge in [-0.25, -0.2) is 8.42 Å². The number of benzene rings is 3. The molecule has 36 heavy (non-hydrogen) atoms. The quantitative estimate of drug-likeness (QED) is 0.255. The van der Waals surface area contributed by atoms with E-state index in [4.69, 9.17) is 4.74 Å². The molecule has 3 aromatic rings. The van der Waals surface area contributed by atoms with Gasteiger partial charge in [0.05, 0.1) is 17.2 Å². The zero-order valence-corrected chi connectivity index (χ0v) is 23.7. The van der Waals surface area contributed by atoms with Crippen molar-refractivity contribution >= 4 is 49.3 Å². The number of nitrogens with zero attached hydrogens (tertiary/aromatic N) is 1. The summed E-state index contributed by atoms with van der Waals surface area (Å²) >= 11 is 5.14. The molecule has 0 heterocycles. The van der Waals surface area contributed by atoms with Crippen LogP contribution in [0.15, 0.2) is 82.2 Å². The average molecular weight is 592 g/mol. The summed E-state index contributed by atoms with van der Waals surface area (Å²) in [4.78, 5) is 12.9. The van der Waals surface area contributed by atoms with Crippen molar-refractivity contribution in [1.82, 2.24) is 5.32 Å². The number of ether oxygens (including phenoxy) is 1. The molecule has 9 heteroatoms. The minimum atomic E-state index is -3.96. The lowest BCUT2D eigenvalue weighted by atomic mass is 10.2. The normalized spacial score (nSPS) is 11.2. The maximum Gasteiger partial charge on any atom is 0.264 e. The van der Waals surface area contributed by atoms with E-state index in [0.717, 1.165) is 26.7 Å². The Morgan fingerprint density at radius 2 is 1.67 bits per heavy atom. The lowest BCUT2D eigenvalue weighted by Crippen LogP contribution is -2.41. The van der Waals surface area contributed by atoms with Crippen LogP contribution in [0.1, 0.15) is 24.5 Å². The predicted octanol–water partition coefficient (Wildman–Crippen LogP) is 5.79. The molecule has 0 aromatic heterocycles. The fourth-order valence-corrected chi connectivity index (χ4v) is 5.99. The number of nitrogens with one attached hydrogen (secondary N) is 1. The molecule has 1 amide bonds. The van der Waals surface area contributed by atoms with Crippen molar-refractivity contribution in [1.29, 1.82) is 0 Å². The number of aryl methyl sites for hydroxylation is 1. The van der Waals surface area contributed by atoms with Crippen molar-refractivity contribution in [3.8, 4) is 5.75 Å². The smallest absolute Gasteiger partial charge is 0.264 e. The molecule has 3 aromatic carbocycles. The Morgan fingerprint density at radius 3 is 2.31 bits per heavy atom. The van der Waals surface area contributed by atoms with E-state index >= 15 is 0 Å². The number of hydrogen-bond donors (Lipinski definition) is 1. The number of thioether (sulfide) groups is 1. The van der Waals surface area contributed by atoms with E-state index < -0.39 is 10.0 Å². The van der Waals surface area contributed by atoms with Gasteiger partial charge >= 0.3 is 0 Å². The van der Waals surface area contributed by atoms with Crippen LogP contribution < -0.4 is 14.4 Å². The Labute approximate surface area is 226 Å². The molecule has 0 aliphatic heterocycles. The fraction of sp³-hybridized carbons (Fsp3) is 0.296. The van der Waals surface area contributed by atoms with Crippen LogP contribution >= 0.6 is 27.7 Å². The first-order chi connectivity index (χ1) is 17.3. The van der Waals surface area contributed by atoms with Crippen molar-refractivity contribution in [2.75, 3.05) is 29.8 Å². The summed E-state index contributed by atoms with van der Waals surface area (Å²) in [5.41, 5.74) is 2.91. The first-order valence-electron chi connectivity index (χ1n) is 11.7. The van der Waals surface area contributed by atoms with E-state index in [1.807, 2.05) is 18.7 Å². The van der Waals surface area contributed by atoms with Crippen molar-refractivity contribution in [2.45, 2.75) is 30.9 Å². The van der Waals surface area contributed by atoms with Gasteiger partial charge in [0.2, 0.25) is 5.91 Å². The van der Waals surface area contributed by atoms with Crippen LogP contribution in [0.3, 0.4) is 0 Å². The third kappa shape index (κ3) is 8.28. The molecule has 0 fully saturated rings. The number of hydrogen-bond acceptors (Lipinski definition) is 5. The molecule has 0 radical (unpaired) electrons. The maximum absolute atomic E-state index is 13.5. The molecule has 0 atom stereocenters. The van der Waals surface area contributed by atoms with E-state index in [0.29, 0.717) is 24.6 Å². The van der Waals surface area contributed by atoms with Crippen LogP contribution in [0.4, 0.5) is 5.69 Å². The number of carbonyl (C=O) groups is 1. The SMILES string of the molecule is CCOc1ccc(N(CC(=O)NCCCSCc2ccc(C)cc2)S(=O)(=O)c2ccc(Br)cc2)cc1. The Kier molecular flexibility index (Phi) is 10.7. The highest BCUT2D eigenvalue weighted by Crippen LogP contribution is 2.26. The molecule has 3 rings (SSSR count). The third-order valence-electron chi connectivity index (χ3n) is 5.30. The largest absolute Gasteiger partial charge is 0.494 e. The minimum absolute atomic E-state index is 0.111. The van der Waals surface area contributed by atoms with E-state index in [9.17, 15) is 13.2 Å². The predicted molar refractivity (Wildman–Crippen MR) is 151 cm³/mol. The fourth-order valence-electron chi connectivity index (χ4n) is 3.39. The second kappa shape index (κ2) is 13.7. The molecule has 0 unspecified atom stereocenters. The van der Waals surface area contributed by atoms with E-state index in [1.165, 1.54) is 23.3 Å². The van der Waals surface area contributed by atoms with Gasteiger partial charge in [0.1, 0.15) is 12.3 Å². The molecule has 0 aliphatic rings. The number of halogens is 1. The van der Waals surface area contributed by atoms with Crippen LogP contribution in [-0.4, -0.2) is 39.8 Å². The van der Waals surface area contributed by atoms with Crippen LogP contribution in [0, 0.1) is 6.92 Å². The summed E-state index contributed by atoms with van der Waals surface area (Å²) in [7, 11) is -3.96. The van der Waals surface area contributed by atoms with Crippen LogP contribution in [0.25, 0.3) is 0 Å². The molecule has 192 valence electrons. The van der Waals surface area contributed by atoms with Gasteiger partial charge in [-0.15, -0.1) is 0 Å². The summed E-state index contributed by atoms with van der Waals surface area (Å²) in [5, 5.41) is 2.86. The first-order valence-corrected chi connectivity index (χ1v) is 15.1. The van der Waals surface area contributed by atoms with Gasteiger partial charge < -0.3 is 10.1 Å². The number of carbonyl (C=O) groups excluding carboxylic acids is 1. The standard InChI is InChI=1S/C27H31BrN2O4S2/c1-3-34-25-13-11-24(12-14-25)30(36(32,33)26-15-9-23(28)10-16-26)19-27(31)29-17-4-18-35-20-22-7-5-21(2)6-8-22/h5-16H,3-4,17-20H2,1-2H3,(H,29,31). The number of anilines is 1. The highest BCUT2D eigenvalue weighted by atomic mass is 79.9. The summed E-state index contributed by atoms with van der Waals surface area (Å²) in [6.07, 6.45) is 0.796. The third-order valence-corrected chi connectivity index (χ3v) is 8.73. The van der Waals surface area contributed by atoms with Gasteiger partial charge in [-0.3, -0.25) is 9.10 Å². The van der Waals surface area contributed by atoms with Crippen molar-refractivity contribution < 1.29 is 17.9 Å². The van der Waals surface area contributed by atoms with E-state index in [1.54, 1.807) is 36.4 Å². The molecular weight excluding hydrogens is 560 g/mol. The molecule has 0 aliphatic carbocycles. The second-order valence-corrected chi connectivity index (χ2v) is 12.0. The van der Waals surface area contributed by atoms with Crippen LogP contribution in [-0.2, 0) is 20.6 Å². The Bertz CT molecular complexity index is 1220. The van der Waals surface area contributed by atoms with Crippen molar-refractivity contribution in [3.05, 3.63) is 88.4 Å². The molecule has 0 saturated carbocycles. The zero-order valence-electron chi connectivity index (χ0n) is 20.4. The molecular formula is C27H31BrN2O4S2. The van der Waals surface area contributed by atoms with Gasteiger partial charge in [0, 0.05) is 16.8 Å². The summed E-state index contributed by atoms with van der Waals surface area (Å²) in [6, 6.07) is 21.5. The minimum Gasteiger partial charge on any atom is -0.494 e. The van der Waals surface area contributed by atoms with Gasteiger partial charge in [-0.2, -0.15) is 11.8 Å². The highest BCUT2D eigenvalue weighted by Gasteiger charge is 2.27. The van der Waals surface area contributed by atoms with Crippen LogP contribution in [0.2, 0.25) is 0 Å². The average Bonchev–Trinajstić information content (AvgIpc) is 2.87. The van der Waals surface area contributed by atoms with Gasteiger partial charge in [0.25, 0.3) is 10.0 Å². The summed E-state index contributed by atoms with van der Waals surface area (Å²) in [6.45, 7) is 4.62. The maximum atomic E-state index is 13.5. The molecule has 6 nitrogen and oxygen atoms in total. The Morgan fingerprint density at radius 1 is 1.00 bits per heavy atom. The number of amides is 1.